The fraction of sp³-hybridized carbons (Fsp3) is 0.278. The lowest BCUT2D eigenvalue weighted by Gasteiger charge is -2.19. The first kappa shape index (κ1) is 15.9. The largest absolute Gasteiger partial charge is 0.459 e. The van der Waals surface area contributed by atoms with E-state index < -0.39 is 0 Å². The Morgan fingerprint density at radius 3 is 2.41 bits per heavy atom. The molecule has 0 aliphatic heterocycles. The summed E-state index contributed by atoms with van der Waals surface area (Å²) >= 11 is 0. The summed E-state index contributed by atoms with van der Waals surface area (Å²) in [6, 6.07) is 15.3. The average molecular weight is 298 g/mol. The molecule has 0 amide bonds. The Morgan fingerprint density at radius 1 is 1.09 bits per heavy atom. The zero-order chi connectivity index (χ0) is 16.1. The second-order valence-corrected chi connectivity index (χ2v) is 5.54. The molecule has 3 N–H and O–H groups in total. The van der Waals surface area contributed by atoms with Crippen molar-refractivity contribution in [2.75, 3.05) is 11.1 Å². The first-order chi connectivity index (χ1) is 10.5. The lowest BCUT2D eigenvalue weighted by atomic mass is 10.1. The van der Waals surface area contributed by atoms with Gasteiger partial charge in [-0.25, -0.2) is 4.79 Å². The van der Waals surface area contributed by atoms with Gasteiger partial charge in [0, 0.05) is 17.4 Å². The highest BCUT2D eigenvalue weighted by atomic mass is 16.5. The number of nitrogens with two attached hydrogens (primary N) is 1. The quantitative estimate of drug-likeness (QED) is 0.646. The monoisotopic (exact) mass is 298 g/mol. The van der Waals surface area contributed by atoms with Gasteiger partial charge >= 0.3 is 5.97 Å². The van der Waals surface area contributed by atoms with Gasteiger partial charge < -0.3 is 15.8 Å². The molecule has 0 saturated carbocycles. The number of ether oxygens (including phenoxy) is 1. The molecule has 0 heterocycles. The smallest absolute Gasteiger partial charge is 0.340 e. The van der Waals surface area contributed by atoms with Gasteiger partial charge in [-0.2, -0.15) is 0 Å². The topological polar surface area (TPSA) is 64.3 Å². The third-order valence-corrected chi connectivity index (χ3v) is 3.28. The van der Waals surface area contributed by atoms with E-state index in [9.17, 15) is 4.79 Å². The van der Waals surface area contributed by atoms with E-state index in [1.165, 1.54) is 0 Å². The maximum absolute atomic E-state index is 12.2. The minimum atomic E-state index is -0.370. The highest BCUT2D eigenvalue weighted by molar-refractivity contribution is 5.96. The van der Waals surface area contributed by atoms with Crippen LogP contribution in [0.5, 0.6) is 0 Å². The van der Waals surface area contributed by atoms with Crippen molar-refractivity contribution in [3.8, 4) is 0 Å². The summed E-state index contributed by atoms with van der Waals surface area (Å²) < 4.78 is 5.28. The van der Waals surface area contributed by atoms with E-state index >= 15 is 0 Å². The summed E-state index contributed by atoms with van der Waals surface area (Å²) in [7, 11) is 0. The number of anilines is 2. The van der Waals surface area contributed by atoms with Crippen LogP contribution in [-0.2, 0) is 4.74 Å². The summed E-state index contributed by atoms with van der Waals surface area (Å²) in [5.74, 6) is -0.370. The zero-order valence-corrected chi connectivity index (χ0v) is 13.2. The second-order valence-electron chi connectivity index (χ2n) is 5.54. The molecule has 2 rings (SSSR count). The van der Waals surface area contributed by atoms with Crippen molar-refractivity contribution in [3.05, 3.63) is 59.7 Å². The maximum Gasteiger partial charge on any atom is 0.340 e. The molecule has 1 unspecified atom stereocenters. The van der Waals surface area contributed by atoms with Crippen LogP contribution in [0.1, 0.15) is 42.7 Å². The number of esters is 1. The van der Waals surface area contributed by atoms with E-state index in [2.05, 4.69) is 5.32 Å². The SMILES string of the molecule is CC(C)OC(=O)c1cc(N)ccc1NC(C)c1ccccc1. The van der Waals surface area contributed by atoms with Crippen LogP contribution in [0.15, 0.2) is 48.5 Å². The van der Waals surface area contributed by atoms with Crippen LogP contribution < -0.4 is 11.1 Å². The molecule has 2 aromatic carbocycles. The van der Waals surface area contributed by atoms with Gasteiger partial charge in [-0.15, -0.1) is 0 Å². The molecule has 0 aromatic heterocycles. The Balaban J connectivity index is 2.25. The molecule has 4 heteroatoms. The van der Waals surface area contributed by atoms with Gasteiger partial charge in [-0.1, -0.05) is 30.3 Å². The van der Waals surface area contributed by atoms with Crippen LogP contribution in [-0.4, -0.2) is 12.1 Å². The molecular formula is C18H22N2O2. The number of nitrogen functional groups attached to an aromatic ring is 1. The molecule has 0 bridgehead atoms. The van der Waals surface area contributed by atoms with Crippen LogP contribution >= 0.6 is 0 Å². The number of hydrogen-bond donors (Lipinski definition) is 2. The summed E-state index contributed by atoms with van der Waals surface area (Å²) in [4.78, 5) is 12.2. The van der Waals surface area contributed by atoms with Crippen LogP contribution in [0, 0.1) is 0 Å². The standard InChI is InChI=1S/C18H22N2O2/c1-12(2)22-18(21)16-11-15(19)9-10-17(16)20-13(3)14-7-5-4-6-8-14/h4-13,20H,19H2,1-3H3. The van der Waals surface area contributed by atoms with Crippen molar-refractivity contribution in [2.45, 2.75) is 32.9 Å². The lowest BCUT2D eigenvalue weighted by Crippen LogP contribution is -2.16. The zero-order valence-electron chi connectivity index (χ0n) is 13.2. The Kier molecular flexibility index (Phi) is 5.04. The molecule has 0 aliphatic carbocycles. The Morgan fingerprint density at radius 2 is 1.77 bits per heavy atom. The first-order valence-corrected chi connectivity index (χ1v) is 7.39. The minimum Gasteiger partial charge on any atom is -0.459 e. The van der Waals surface area contributed by atoms with Crippen molar-refractivity contribution in [3.63, 3.8) is 0 Å². The summed E-state index contributed by atoms with van der Waals surface area (Å²) in [6.07, 6.45) is -0.173. The van der Waals surface area contributed by atoms with Gasteiger partial charge in [0.15, 0.2) is 0 Å². The second kappa shape index (κ2) is 6.98. The fourth-order valence-electron chi connectivity index (χ4n) is 2.19. The molecule has 0 fully saturated rings. The molecule has 0 aliphatic rings. The number of rotatable bonds is 5. The van der Waals surface area contributed by atoms with E-state index in [1.54, 1.807) is 12.1 Å². The Hall–Kier alpha value is -2.49. The van der Waals surface area contributed by atoms with Gasteiger partial charge in [0.1, 0.15) is 0 Å². The molecular weight excluding hydrogens is 276 g/mol. The van der Waals surface area contributed by atoms with Crippen molar-refractivity contribution in [1.82, 2.24) is 0 Å². The van der Waals surface area contributed by atoms with E-state index in [-0.39, 0.29) is 18.1 Å². The number of carbonyl (C=O) groups excluding carboxylic acids is 1. The van der Waals surface area contributed by atoms with E-state index in [4.69, 9.17) is 10.5 Å². The lowest BCUT2D eigenvalue weighted by molar-refractivity contribution is 0.0379. The molecule has 4 nitrogen and oxygen atoms in total. The summed E-state index contributed by atoms with van der Waals surface area (Å²) in [5.41, 5.74) is 8.65. The third-order valence-electron chi connectivity index (χ3n) is 3.28. The molecule has 1 atom stereocenters. The first-order valence-electron chi connectivity index (χ1n) is 7.39. The van der Waals surface area contributed by atoms with Crippen LogP contribution in [0.25, 0.3) is 0 Å². The van der Waals surface area contributed by atoms with Gasteiger partial charge in [-0.3, -0.25) is 0 Å². The number of nitrogens with one attached hydrogen (secondary N) is 1. The molecule has 0 saturated heterocycles. The van der Waals surface area contributed by atoms with Gasteiger partial charge in [0.2, 0.25) is 0 Å². The third kappa shape index (κ3) is 4.01. The number of hydrogen-bond acceptors (Lipinski definition) is 4. The highest BCUT2D eigenvalue weighted by Crippen LogP contribution is 2.25. The fourth-order valence-corrected chi connectivity index (χ4v) is 2.19. The van der Waals surface area contributed by atoms with Gasteiger partial charge in [0.25, 0.3) is 0 Å². The van der Waals surface area contributed by atoms with Gasteiger partial charge in [0.05, 0.1) is 11.7 Å². The predicted molar refractivity (Wildman–Crippen MR) is 89.9 cm³/mol. The molecule has 2 aromatic rings. The molecule has 0 spiro atoms. The Bertz CT molecular complexity index is 639. The van der Waals surface area contributed by atoms with Crippen LogP contribution in [0.2, 0.25) is 0 Å². The highest BCUT2D eigenvalue weighted by Gasteiger charge is 2.16. The summed E-state index contributed by atoms with van der Waals surface area (Å²) in [6.45, 7) is 5.69. The summed E-state index contributed by atoms with van der Waals surface area (Å²) in [5, 5.41) is 3.35. The molecule has 22 heavy (non-hydrogen) atoms. The normalized spacial score (nSPS) is 12.0. The van der Waals surface area contributed by atoms with Crippen LogP contribution in [0.4, 0.5) is 11.4 Å². The van der Waals surface area contributed by atoms with E-state index in [0.717, 1.165) is 11.3 Å². The van der Waals surface area contributed by atoms with Crippen molar-refractivity contribution in [1.29, 1.82) is 0 Å². The van der Waals surface area contributed by atoms with Gasteiger partial charge in [-0.05, 0) is 44.5 Å². The maximum atomic E-state index is 12.2. The minimum absolute atomic E-state index is 0.0652. The number of benzene rings is 2. The van der Waals surface area contributed by atoms with Crippen molar-refractivity contribution in [2.24, 2.45) is 0 Å². The number of carbonyl (C=O) groups is 1. The molecule has 116 valence electrons. The predicted octanol–water partition coefficient (Wildman–Crippen LogP) is 4.01. The van der Waals surface area contributed by atoms with E-state index in [0.29, 0.717) is 11.3 Å². The average Bonchev–Trinajstić information content (AvgIpc) is 2.49. The van der Waals surface area contributed by atoms with Crippen molar-refractivity contribution >= 4 is 17.3 Å². The Labute approximate surface area is 131 Å². The van der Waals surface area contributed by atoms with Crippen LogP contribution in [0.3, 0.4) is 0 Å². The van der Waals surface area contributed by atoms with Crippen molar-refractivity contribution < 1.29 is 9.53 Å². The molecule has 0 radical (unpaired) electrons. The van der Waals surface area contributed by atoms with E-state index in [1.807, 2.05) is 57.2 Å².